The quantitative estimate of drug-likeness (QED) is 0.553. The average molecular weight is 412 g/mol. The number of halogens is 2. The van der Waals surface area contributed by atoms with Crippen LogP contribution in [0.25, 0.3) is 11.3 Å². The molecule has 148 valence electrons. The van der Waals surface area contributed by atoms with E-state index in [9.17, 15) is 9.18 Å². The molecule has 1 amide bonds. The molecule has 0 aliphatic carbocycles. The third kappa shape index (κ3) is 2.93. The lowest BCUT2D eigenvalue weighted by molar-refractivity contribution is -0.131. The fourth-order valence-corrected chi connectivity index (χ4v) is 4.52. The van der Waals surface area contributed by atoms with Gasteiger partial charge in [0.1, 0.15) is 11.6 Å². The summed E-state index contributed by atoms with van der Waals surface area (Å²) < 4.78 is 14.6. The molecule has 0 bridgehead atoms. The number of nitrogens with zero attached hydrogens (tertiary/aromatic N) is 2. The van der Waals surface area contributed by atoms with Crippen molar-refractivity contribution in [1.82, 2.24) is 19.9 Å². The molecular formula is C21H19ClFN5O. The number of fused-ring (bicyclic) bond motifs is 1. The summed E-state index contributed by atoms with van der Waals surface area (Å²) in [4.78, 5) is 25.7. The zero-order valence-electron chi connectivity index (χ0n) is 15.5. The summed E-state index contributed by atoms with van der Waals surface area (Å²) in [6.07, 6.45) is 9.08. The molecule has 1 unspecified atom stereocenters. The first-order valence-corrected chi connectivity index (χ1v) is 9.85. The van der Waals surface area contributed by atoms with E-state index >= 15 is 0 Å². The van der Waals surface area contributed by atoms with E-state index in [2.05, 4.69) is 15.0 Å². The van der Waals surface area contributed by atoms with Gasteiger partial charge < -0.3 is 20.6 Å². The number of carbonyl (C=O) groups is 1. The summed E-state index contributed by atoms with van der Waals surface area (Å²) in [5.74, 6) is -0.275. The number of aromatic amines is 2. The smallest absolute Gasteiger partial charge is 0.228 e. The number of hydrogen-bond donors (Lipinski definition) is 3. The number of hydrogen-bond acceptors (Lipinski definition) is 3. The fourth-order valence-electron chi connectivity index (χ4n) is 4.36. The molecule has 29 heavy (non-hydrogen) atoms. The summed E-state index contributed by atoms with van der Waals surface area (Å²) >= 11 is 5.94. The number of aromatic nitrogens is 3. The van der Waals surface area contributed by atoms with Crippen LogP contribution in [0.2, 0.25) is 5.02 Å². The Bertz CT molecular complexity index is 1120. The molecule has 0 saturated carbocycles. The Kier molecular flexibility index (Phi) is 4.20. The van der Waals surface area contributed by atoms with E-state index in [0.717, 1.165) is 35.6 Å². The zero-order valence-corrected chi connectivity index (χ0v) is 16.2. The number of nitrogen functional groups attached to an aromatic ring is 1. The number of anilines is 1. The van der Waals surface area contributed by atoms with Crippen molar-refractivity contribution < 1.29 is 9.18 Å². The van der Waals surface area contributed by atoms with Gasteiger partial charge in [-0.3, -0.25) is 4.79 Å². The maximum Gasteiger partial charge on any atom is 0.228 e. The number of H-pyrrole nitrogens is 2. The molecule has 2 atom stereocenters. The molecule has 2 aromatic heterocycles. The van der Waals surface area contributed by atoms with Gasteiger partial charge in [0.15, 0.2) is 0 Å². The maximum absolute atomic E-state index is 14.6. The first-order valence-electron chi connectivity index (χ1n) is 9.47. The SMILES string of the molecule is Nc1ccc(Cl)c(F)c1C1C=C2CC[C@@H](c3ncc(-c4cc[nH]c4)[nH]3)N2C(=O)C1. The predicted octanol–water partition coefficient (Wildman–Crippen LogP) is 4.51. The van der Waals surface area contributed by atoms with Gasteiger partial charge in [-0.05, 0) is 31.0 Å². The van der Waals surface area contributed by atoms with Gasteiger partial charge in [0.2, 0.25) is 5.91 Å². The molecule has 1 saturated heterocycles. The lowest BCUT2D eigenvalue weighted by Gasteiger charge is -2.31. The second-order valence-corrected chi connectivity index (χ2v) is 7.84. The van der Waals surface area contributed by atoms with E-state index in [4.69, 9.17) is 17.3 Å². The monoisotopic (exact) mass is 411 g/mol. The van der Waals surface area contributed by atoms with Gasteiger partial charge in [-0.1, -0.05) is 17.7 Å². The van der Waals surface area contributed by atoms with E-state index in [0.29, 0.717) is 11.3 Å². The second-order valence-electron chi connectivity index (χ2n) is 7.43. The Morgan fingerprint density at radius 1 is 1.31 bits per heavy atom. The lowest BCUT2D eigenvalue weighted by atomic mass is 9.89. The number of benzene rings is 1. The van der Waals surface area contributed by atoms with Gasteiger partial charge in [-0.2, -0.15) is 0 Å². The van der Waals surface area contributed by atoms with E-state index in [1.807, 2.05) is 24.5 Å². The van der Waals surface area contributed by atoms with Gasteiger partial charge in [-0.15, -0.1) is 0 Å². The van der Waals surface area contributed by atoms with Crippen LogP contribution in [0.5, 0.6) is 0 Å². The van der Waals surface area contributed by atoms with Crippen molar-refractivity contribution >= 4 is 23.2 Å². The Morgan fingerprint density at radius 3 is 2.97 bits per heavy atom. The lowest BCUT2D eigenvalue weighted by Crippen LogP contribution is -2.34. The van der Waals surface area contributed by atoms with Gasteiger partial charge in [0, 0.05) is 47.2 Å². The molecule has 8 heteroatoms. The first kappa shape index (κ1) is 18.0. The van der Waals surface area contributed by atoms with Crippen molar-refractivity contribution in [3.05, 3.63) is 70.8 Å². The normalized spacial score (nSPS) is 21.4. The molecule has 5 rings (SSSR count). The van der Waals surface area contributed by atoms with Crippen LogP contribution in [0.3, 0.4) is 0 Å². The molecule has 2 aliphatic heterocycles. The molecule has 0 radical (unpaired) electrons. The summed E-state index contributed by atoms with van der Waals surface area (Å²) in [7, 11) is 0. The zero-order chi connectivity index (χ0) is 20.1. The summed E-state index contributed by atoms with van der Waals surface area (Å²) in [5.41, 5.74) is 9.40. The van der Waals surface area contributed by atoms with Crippen LogP contribution < -0.4 is 5.73 Å². The Balaban J connectivity index is 1.46. The minimum atomic E-state index is -0.550. The highest BCUT2D eigenvalue weighted by Gasteiger charge is 2.40. The van der Waals surface area contributed by atoms with Crippen LogP contribution in [0.4, 0.5) is 10.1 Å². The second kappa shape index (κ2) is 6.77. The van der Waals surface area contributed by atoms with Gasteiger partial charge in [0.05, 0.1) is 23.0 Å². The van der Waals surface area contributed by atoms with Crippen molar-refractivity contribution in [2.24, 2.45) is 0 Å². The number of amides is 1. The van der Waals surface area contributed by atoms with Crippen molar-refractivity contribution in [1.29, 1.82) is 0 Å². The standard InChI is InChI=1S/C21H19ClFN5O/c22-14-2-3-15(24)19(20(14)23)12-7-13-1-4-17(28(13)18(29)8-12)21-26-10-16(27-21)11-5-6-25-9-11/h2-3,5-7,9-10,12,17,25H,1,4,8,24H2,(H,26,27)/t12?,17-/m0/s1. The number of rotatable bonds is 3. The fraction of sp³-hybridized carbons (Fsp3) is 0.238. The van der Waals surface area contributed by atoms with Gasteiger partial charge in [0.25, 0.3) is 0 Å². The molecule has 4 heterocycles. The number of nitrogens with two attached hydrogens (primary N) is 1. The third-order valence-electron chi connectivity index (χ3n) is 5.71. The van der Waals surface area contributed by atoms with Crippen LogP contribution in [-0.2, 0) is 4.79 Å². The summed E-state index contributed by atoms with van der Waals surface area (Å²) in [6.45, 7) is 0. The van der Waals surface area contributed by atoms with Crippen molar-refractivity contribution in [2.45, 2.75) is 31.2 Å². The molecular weight excluding hydrogens is 393 g/mol. The Labute approximate surface area is 171 Å². The molecule has 3 aromatic rings. The van der Waals surface area contributed by atoms with Crippen LogP contribution in [-0.4, -0.2) is 25.8 Å². The van der Waals surface area contributed by atoms with Crippen molar-refractivity contribution in [3.63, 3.8) is 0 Å². The maximum atomic E-state index is 14.6. The first-order chi connectivity index (χ1) is 14.0. The van der Waals surface area contributed by atoms with Gasteiger partial charge >= 0.3 is 0 Å². The third-order valence-corrected chi connectivity index (χ3v) is 6.00. The minimum absolute atomic E-state index is 0.0136. The number of imidazole rings is 1. The Hall–Kier alpha value is -3.06. The van der Waals surface area contributed by atoms with Crippen molar-refractivity contribution in [2.75, 3.05) is 5.73 Å². The molecule has 1 fully saturated rings. The average Bonchev–Trinajstić information content (AvgIpc) is 3.44. The number of allylic oxidation sites excluding steroid dienone is 2. The van der Waals surface area contributed by atoms with E-state index in [1.54, 1.807) is 17.2 Å². The highest BCUT2D eigenvalue weighted by atomic mass is 35.5. The van der Waals surface area contributed by atoms with Crippen LogP contribution >= 0.6 is 11.6 Å². The summed E-state index contributed by atoms with van der Waals surface area (Å²) in [5, 5.41) is 0.0136. The molecule has 1 aromatic carbocycles. The molecule has 2 aliphatic rings. The van der Waals surface area contributed by atoms with Crippen LogP contribution in [0.1, 0.15) is 42.6 Å². The topological polar surface area (TPSA) is 90.8 Å². The highest BCUT2D eigenvalue weighted by Crippen LogP contribution is 2.45. The molecule has 0 spiro atoms. The largest absolute Gasteiger partial charge is 0.398 e. The van der Waals surface area contributed by atoms with E-state index < -0.39 is 11.7 Å². The van der Waals surface area contributed by atoms with Crippen LogP contribution in [0, 0.1) is 5.82 Å². The van der Waals surface area contributed by atoms with Gasteiger partial charge in [-0.25, -0.2) is 9.37 Å². The number of carbonyl (C=O) groups excluding carboxylic acids is 1. The number of nitrogens with one attached hydrogen (secondary N) is 2. The Morgan fingerprint density at radius 2 is 2.17 bits per heavy atom. The molecule has 4 N–H and O–H groups in total. The van der Waals surface area contributed by atoms with Crippen LogP contribution in [0.15, 0.2) is 48.6 Å². The predicted molar refractivity (Wildman–Crippen MR) is 108 cm³/mol. The van der Waals surface area contributed by atoms with E-state index in [1.165, 1.54) is 6.07 Å². The molecule has 6 nitrogen and oxygen atoms in total. The van der Waals surface area contributed by atoms with Crippen molar-refractivity contribution in [3.8, 4) is 11.3 Å². The minimum Gasteiger partial charge on any atom is -0.398 e. The van der Waals surface area contributed by atoms with E-state index in [-0.39, 0.29) is 23.4 Å². The highest BCUT2D eigenvalue weighted by molar-refractivity contribution is 6.30. The summed E-state index contributed by atoms with van der Waals surface area (Å²) in [6, 6.07) is 4.82.